The molecule has 0 atom stereocenters. The van der Waals surface area contributed by atoms with Crippen molar-refractivity contribution in [2.75, 3.05) is 4.90 Å². The predicted octanol–water partition coefficient (Wildman–Crippen LogP) is 11.8. The standard InChI is InChI=1S/C40H25NO2/c1-2-12-29(13-3-1)41(30-19-21-39-35(25-30)32-15-7-9-17-37(32)42-39)36-16-8-6-14-31(36)28-18-20-38-33(23-28)34-22-26-10-4-5-11-27(26)24-40(34)43-38/h1-25H. The Labute approximate surface area is 247 Å². The summed E-state index contributed by atoms with van der Waals surface area (Å²) in [5, 5.41) is 6.85. The van der Waals surface area contributed by atoms with E-state index in [1.54, 1.807) is 0 Å². The first-order valence-corrected chi connectivity index (χ1v) is 14.5. The Morgan fingerprint density at radius 1 is 0.372 bits per heavy atom. The van der Waals surface area contributed by atoms with Gasteiger partial charge in [0.25, 0.3) is 0 Å². The van der Waals surface area contributed by atoms with Gasteiger partial charge in [0.1, 0.15) is 22.3 Å². The van der Waals surface area contributed by atoms with Crippen LogP contribution < -0.4 is 4.90 Å². The fourth-order valence-corrected chi connectivity index (χ4v) is 6.40. The maximum absolute atomic E-state index is 6.32. The van der Waals surface area contributed by atoms with Crippen LogP contribution in [0.3, 0.4) is 0 Å². The summed E-state index contributed by atoms with van der Waals surface area (Å²) in [7, 11) is 0. The van der Waals surface area contributed by atoms with Crippen molar-refractivity contribution in [2.45, 2.75) is 0 Å². The smallest absolute Gasteiger partial charge is 0.136 e. The van der Waals surface area contributed by atoms with E-state index in [-0.39, 0.29) is 0 Å². The molecule has 3 nitrogen and oxygen atoms in total. The molecule has 7 aromatic carbocycles. The van der Waals surface area contributed by atoms with Gasteiger partial charge in [-0.15, -0.1) is 0 Å². The van der Waals surface area contributed by atoms with E-state index in [2.05, 4.69) is 144 Å². The van der Waals surface area contributed by atoms with Crippen molar-refractivity contribution in [3.05, 3.63) is 152 Å². The minimum Gasteiger partial charge on any atom is -0.456 e. The number of benzene rings is 7. The van der Waals surface area contributed by atoms with Gasteiger partial charge in [-0.1, -0.05) is 84.9 Å². The summed E-state index contributed by atoms with van der Waals surface area (Å²) in [4.78, 5) is 2.34. The van der Waals surface area contributed by atoms with Gasteiger partial charge in [0.05, 0.1) is 5.69 Å². The van der Waals surface area contributed by atoms with Crippen LogP contribution in [0.1, 0.15) is 0 Å². The quantitative estimate of drug-likeness (QED) is 0.218. The highest BCUT2D eigenvalue weighted by Gasteiger charge is 2.19. The molecule has 0 unspecified atom stereocenters. The molecule has 43 heavy (non-hydrogen) atoms. The van der Waals surface area contributed by atoms with Crippen molar-refractivity contribution in [3.8, 4) is 11.1 Å². The minimum absolute atomic E-state index is 0.885. The molecule has 0 saturated carbocycles. The second kappa shape index (κ2) is 9.37. The van der Waals surface area contributed by atoms with Crippen LogP contribution in [0.2, 0.25) is 0 Å². The Hall–Kier alpha value is -5.80. The van der Waals surface area contributed by atoms with Crippen molar-refractivity contribution in [1.29, 1.82) is 0 Å². The van der Waals surface area contributed by atoms with E-state index in [0.29, 0.717) is 0 Å². The molecular weight excluding hydrogens is 526 g/mol. The van der Waals surface area contributed by atoms with Crippen LogP contribution in [-0.2, 0) is 0 Å². The van der Waals surface area contributed by atoms with Crippen LogP contribution in [0.5, 0.6) is 0 Å². The van der Waals surface area contributed by atoms with Gasteiger partial charge in [0.15, 0.2) is 0 Å². The van der Waals surface area contributed by atoms with Gasteiger partial charge >= 0.3 is 0 Å². The summed E-state index contributed by atoms with van der Waals surface area (Å²) in [5.41, 5.74) is 9.11. The maximum Gasteiger partial charge on any atom is 0.136 e. The Kier molecular flexibility index (Phi) is 5.20. The molecule has 0 radical (unpaired) electrons. The second-order valence-electron chi connectivity index (χ2n) is 11.0. The Balaban J connectivity index is 1.26. The minimum atomic E-state index is 0.885. The summed E-state index contributed by atoms with van der Waals surface area (Å²) >= 11 is 0. The van der Waals surface area contributed by atoms with Crippen molar-refractivity contribution in [3.63, 3.8) is 0 Å². The topological polar surface area (TPSA) is 29.5 Å². The zero-order valence-corrected chi connectivity index (χ0v) is 23.2. The Bertz CT molecular complexity index is 2470. The van der Waals surface area contributed by atoms with Crippen LogP contribution in [0.4, 0.5) is 17.1 Å². The number of anilines is 3. The highest BCUT2D eigenvalue weighted by Crippen LogP contribution is 2.44. The average molecular weight is 552 g/mol. The SMILES string of the molecule is c1ccc(N(c2ccc3oc4ccccc4c3c2)c2ccccc2-c2ccc3oc4cc5ccccc5cc4c3c2)cc1. The van der Waals surface area contributed by atoms with Crippen molar-refractivity contribution < 1.29 is 8.83 Å². The molecule has 9 aromatic rings. The predicted molar refractivity (Wildman–Crippen MR) is 179 cm³/mol. The van der Waals surface area contributed by atoms with E-state index < -0.39 is 0 Å². The number of rotatable bonds is 4. The number of nitrogens with zero attached hydrogens (tertiary/aromatic N) is 1. The van der Waals surface area contributed by atoms with Crippen LogP contribution in [0.15, 0.2) is 160 Å². The fraction of sp³-hybridized carbons (Fsp3) is 0. The first kappa shape index (κ1) is 23.9. The Morgan fingerprint density at radius 2 is 1.00 bits per heavy atom. The van der Waals surface area contributed by atoms with Crippen molar-refractivity contribution >= 4 is 71.7 Å². The van der Waals surface area contributed by atoms with E-state index in [4.69, 9.17) is 8.83 Å². The third-order valence-corrected chi connectivity index (χ3v) is 8.43. The van der Waals surface area contributed by atoms with Gasteiger partial charge in [-0.2, -0.15) is 0 Å². The normalized spacial score (nSPS) is 11.7. The van der Waals surface area contributed by atoms with E-state index in [0.717, 1.165) is 72.1 Å². The molecule has 0 bridgehead atoms. The molecule has 202 valence electrons. The summed E-state index contributed by atoms with van der Waals surface area (Å²) in [6.07, 6.45) is 0. The first-order valence-electron chi connectivity index (χ1n) is 14.5. The molecule has 3 heteroatoms. The molecule has 2 heterocycles. The van der Waals surface area contributed by atoms with Gasteiger partial charge in [0.2, 0.25) is 0 Å². The number of para-hydroxylation sites is 3. The number of hydrogen-bond donors (Lipinski definition) is 0. The Morgan fingerprint density at radius 3 is 1.88 bits per heavy atom. The highest BCUT2D eigenvalue weighted by atomic mass is 16.3. The fourth-order valence-electron chi connectivity index (χ4n) is 6.40. The lowest BCUT2D eigenvalue weighted by Gasteiger charge is -2.28. The third-order valence-electron chi connectivity index (χ3n) is 8.43. The molecule has 0 aliphatic rings. The van der Waals surface area contributed by atoms with Crippen LogP contribution in [0, 0.1) is 0 Å². The van der Waals surface area contributed by atoms with Crippen LogP contribution in [-0.4, -0.2) is 0 Å². The van der Waals surface area contributed by atoms with E-state index in [1.165, 1.54) is 10.8 Å². The molecule has 0 fully saturated rings. The van der Waals surface area contributed by atoms with Gasteiger partial charge < -0.3 is 13.7 Å². The summed E-state index contributed by atoms with van der Waals surface area (Å²) < 4.78 is 12.5. The van der Waals surface area contributed by atoms with Gasteiger partial charge in [-0.3, -0.25) is 0 Å². The van der Waals surface area contributed by atoms with Crippen molar-refractivity contribution in [1.82, 2.24) is 0 Å². The summed E-state index contributed by atoms with van der Waals surface area (Å²) in [6, 6.07) is 53.2. The molecule has 0 spiro atoms. The average Bonchev–Trinajstić information content (AvgIpc) is 3.61. The van der Waals surface area contributed by atoms with Crippen LogP contribution in [0.25, 0.3) is 65.8 Å². The molecule has 0 amide bonds. The van der Waals surface area contributed by atoms with Gasteiger partial charge in [0, 0.05) is 38.5 Å². The molecule has 0 N–H and O–H groups in total. The lowest BCUT2D eigenvalue weighted by atomic mass is 9.99. The molecular formula is C40H25NO2. The first-order chi connectivity index (χ1) is 21.3. The zero-order chi connectivity index (χ0) is 28.3. The van der Waals surface area contributed by atoms with Crippen LogP contribution >= 0.6 is 0 Å². The summed E-state index contributed by atoms with van der Waals surface area (Å²) in [6.45, 7) is 0. The molecule has 0 saturated heterocycles. The summed E-state index contributed by atoms with van der Waals surface area (Å²) in [5.74, 6) is 0. The lowest BCUT2D eigenvalue weighted by molar-refractivity contribution is 0.669. The van der Waals surface area contributed by atoms with E-state index in [1.807, 2.05) is 12.1 Å². The largest absolute Gasteiger partial charge is 0.456 e. The third kappa shape index (κ3) is 3.83. The second-order valence-corrected chi connectivity index (χ2v) is 11.0. The lowest BCUT2D eigenvalue weighted by Crippen LogP contribution is -2.11. The molecule has 9 rings (SSSR count). The molecule has 0 aliphatic carbocycles. The highest BCUT2D eigenvalue weighted by molar-refractivity contribution is 6.11. The maximum atomic E-state index is 6.32. The zero-order valence-electron chi connectivity index (χ0n) is 23.2. The molecule has 2 aromatic heterocycles. The van der Waals surface area contributed by atoms with Gasteiger partial charge in [-0.25, -0.2) is 0 Å². The van der Waals surface area contributed by atoms with E-state index in [9.17, 15) is 0 Å². The molecule has 0 aliphatic heterocycles. The van der Waals surface area contributed by atoms with Crippen molar-refractivity contribution in [2.24, 2.45) is 0 Å². The number of fused-ring (bicyclic) bond motifs is 7. The van der Waals surface area contributed by atoms with E-state index >= 15 is 0 Å². The monoisotopic (exact) mass is 551 g/mol. The number of hydrogen-bond acceptors (Lipinski definition) is 3. The van der Waals surface area contributed by atoms with Gasteiger partial charge in [-0.05, 0) is 83.1 Å². The number of furan rings is 2.